The average molecular weight is 288 g/mol. The van der Waals surface area contributed by atoms with Crippen LogP contribution in [0.3, 0.4) is 0 Å². The van der Waals surface area contributed by atoms with Gasteiger partial charge in [0.05, 0.1) is 18.8 Å². The molecule has 0 aromatic carbocycles. The molecule has 0 saturated heterocycles. The Kier molecular flexibility index (Phi) is 12.5. The second-order valence-electron chi connectivity index (χ2n) is 6.01. The molecule has 2 unspecified atom stereocenters. The summed E-state index contributed by atoms with van der Waals surface area (Å²) in [5.74, 6) is 0.639. The molecule has 0 bridgehead atoms. The van der Waals surface area contributed by atoms with Gasteiger partial charge in [0.25, 0.3) is 0 Å². The highest BCUT2D eigenvalue weighted by atomic mass is 16.5. The standard InChI is InChI=1S/C16H36N2O2/c1-6-18(7-2)10-8-9-17-12-16(19)13-20-15(5)11-14(3)4/h14-17,19H,6-13H2,1-5H3. The van der Waals surface area contributed by atoms with E-state index in [-0.39, 0.29) is 6.10 Å². The van der Waals surface area contributed by atoms with E-state index in [0.29, 0.717) is 19.1 Å². The molecular weight excluding hydrogens is 252 g/mol. The van der Waals surface area contributed by atoms with Crippen molar-refractivity contribution >= 4 is 0 Å². The van der Waals surface area contributed by atoms with Crippen molar-refractivity contribution in [1.29, 1.82) is 0 Å². The first-order valence-electron chi connectivity index (χ1n) is 8.22. The summed E-state index contributed by atoms with van der Waals surface area (Å²) in [7, 11) is 0. The highest BCUT2D eigenvalue weighted by Gasteiger charge is 2.09. The number of rotatable bonds is 13. The van der Waals surface area contributed by atoms with Crippen molar-refractivity contribution in [2.24, 2.45) is 5.92 Å². The first-order chi connectivity index (χ1) is 9.49. The topological polar surface area (TPSA) is 44.7 Å². The minimum Gasteiger partial charge on any atom is -0.389 e. The summed E-state index contributed by atoms with van der Waals surface area (Å²) >= 11 is 0. The van der Waals surface area contributed by atoms with Gasteiger partial charge >= 0.3 is 0 Å². The predicted octanol–water partition coefficient (Wildman–Crippen LogP) is 2.12. The van der Waals surface area contributed by atoms with Crippen LogP contribution >= 0.6 is 0 Å². The van der Waals surface area contributed by atoms with Crippen LogP contribution in [0, 0.1) is 5.92 Å². The van der Waals surface area contributed by atoms with E-state index in [2.05, 4.69) is 44.8 Å². The van der Waals surface area contributed by atoms with Crippen LogP contribution in [-0.4, -0.2) is 61.5 Å². The van der Waals surface area contributed by atoms with Crippen LogP contribution in [0.4, 0.5) is 0 Å². The van der Waals surface area contributed by atoms with Crippen LogP contribution in [0.15, 0.2) is 0 Å². The van der Waals surface area contributed by atoms with Gasteiger partial charge in [0, 0.05) is 6.54 Å². The third-order valence-electron chi connectivity index (χ3n) is 3.48. The molecule has 4 nitrogen and oxygen atoms in total. The number of ether oxygens (including phenoxy) is 1. The number of hydrogen-bond acceptors (Lipinski definition) is 4. The lowest BCUT2D eigenvalue weighted by Crippen LogP contribution is -2.33. The molecule has 0 rings (SSSR count). The number of nitrogens with one attached hydrogen (secondary N) is 1. The molecule has 0 fully saturated rings. The van der Waals surface area contributed by atoms with E-state index in [1.807, 2.05) is 0 Å². The summed E-state index contributed by atoms with van der Waals surface area (Å²) in [6, 6.07) is 0. The van der Waals surface area contributed by atoms with Crippen molar-refractivity contribution in [3.8, 4) is 0 Å². The van der Waals surface area contributed by atoms with Gasteiger partial charge in [-0.05, 0) is 51.9 Å². The van der Waals surface area contributed by atoms with Gasteiger partial charge < -0.3 is 20.1 Å². The molecule has 0 aliphatic carbocycles. The first-order valence-corrected chi connectivity index (χ1v) is 8.22. The van der Waals surface area contributed by atoms with E-state index in [1.165, 1.54) is 0 Å². The van der Waals surface area contributed by atoms with Gasteiger partial charge in [-0.3, -0.25) is 0 Å². The van der Waals surface area contributed by atoms with Crippen molar-refractivity contribution in [3.05, 3.63) is 0 Å². The molecular formula is C16H36N2O2. The normalized spacial score (nSPS) is 15.0. The maximum absolute atomic E-state index is 9.84. The Balaban J connectivity index is 3.47. The van der Waals surface area contributed by atoms with Crippen molar-refractivity contribution in [2.45, 2.75) is 59.7 Å². The van der Waals surface area contributed by atoms with Gasteiger partial charge in [0.15, 0.2) is 0 Å². The molecule has 0 radical (unpaired) electrons. The van der Waals surface area contributed by atoms with Crippen LogP contribution in [0.5, 0.6) is 0 Å². The maximum atomic E-state index is 9.84. The summed E-state index contributed by atoms with van der Waals surface area (Å²) in [6.45, 7) is 16.2. The molecule has 0 saturated carbocycles. The Morgan fingerprint density at radius 1 is 1.15 bits per heavy atom. The Morgan fingerprint density at radius 3 is 2.35 bits per heavy atom. The number of aliphatic hydroxyl groups excluding tert-OH is 1. The van der Waals surface area contributed by atoms with E-state index < -0.39 is 6.10 Å². The molecule has 0 aromatic rings. The molecule has 0 spiro atoms. The smallest absolute Gasteiger partial charge is 0.0897 e. The molecule has 2 N–H and O–H groups in total. The Bertz CT molecular complexity index is 209. The van der Waals surface area contributed by atoms with Gasteiger partial charge in [0.1, 0.15) is 0 Å². The van der Waals surface area contributed by atoms with Gasteiger partial charge in [0.2, 0.25) is 0 Å². The second-order valence-corrected chi connectivity index (χ2v) is 6.01. The second kappa shape index (κ2) is 12.6. The van der Waals surface area contributed by atoms with Crippen molar-refractivity contribution < 1.29 is 9.84 Å². The van der Waals surface area contributed by atoms with Crippen molar-refractivity contribution in [3.63, 3.8) is 0 Å². The third kappa shape index (κ3) is 11.6. The fourth-order valence-electron chi connectivity index (χ4n) is 2.30. The predicted molar refractivity (Wildman–Crippen MR) is 86.2 cm³/mol. The van der Waals surface area contributed by atoms with E-state index in [1.54, 1.807) is 0 Å². The van der Waals surface area contributed by atoms with Gasteiger partial charge in [-0.2, -0.15) is 0 Å². The Hall–Kier alpha value is -0.160. The highest BCUT2D eigenvalue weighted by molar-refractivity contribution is 4.62. The third-order valence-corrected chi connectivity index (χ3v) is 3.48. The van der Waals surface area contributed by atoms with Gasteiger partial charge in [-0.1, -0.05) is 27.7 Å². The molecule has 0 heterocycles. The molecule has 122 valence electrons. The van der Waals surface area contributed by atoms with Crippen molar-refractivity contribution in [2.75, 3.05) is 39.3 Å². The Morgan fingerprint density at radius 2 is 1.80 bits per heavy atom. The number of nitrogens with zero attached hydrogens (tertiary/aromatic N) is 1. The maximum Gasteiger partial charge on any atom is 0.0897 e. The lowest BCUT2D eigenvalue weighted by atomic mass is 10.1. The molecule has 0 aliphatic rings. The minimum absolute atomic E-state index is 0.229. The fourth-order valence-corrected chi connectivity index (χ4v) is 2.30. The summed E-state index contributed by atoms with van der Waals surface area (Å²) in [4.78, 5) is 2.41. The molecule has 2 atom stereocenters. The van der Waals surface area contributed by atoms with Gasteiger partial charge in [-0.15, -0.1) is 0 Å². The average Bonchev–Trinajstić information content (AvgIpc) is 2.40. The Labute approximate surface area is 125 Å². The lowest BCUT2D eigenvalue weighted by molar-refractivity contribution is -0.00846. The molecule has 20 heavy (non-hydrogen) atoms. The van der Waals surface area contributed by atoms with Crippen LogP contribution in [0.25, 0.3) is 0 Å². The summed E-state index contributed by atoms with van der Waals surface area (Å²) in [6.07, 6.45) is 1.99. The SMILES string of the molecule is CCN(CC)CCCNCC(O)COC(C)CC(C)C. The van der Waals surface area contributed by atoms with E-state index >= 15 is 0 Å². The number of aliphatic hydroxyl groups is 1. The van der Waals surface area contributed by atoms with E-state index in [0.717, 1.165) is 39.0 Å². The fraction of sp³-hybridized carbons (Fsp3) is 1.00. The number of hydrogen-bond donors (Lipinski definition) is 2. The largest absolute Gasteiger partial charge is 0.389 e. The van der Waals surface area contributed by atoms with Crippen LogP contribution in [0.2, 0.25) is 0 Å². The molecule has 4 heteroatoms. The van der Waals surface area contributed by atoms with Gasteiger partial charge in [-0.25, -0.2) is 0 Å². The van der Waals surface area contributed by atoms with Crippen molar-refractivity contribution in [1.82, 2.24) is 10.2 Å². The summed E-state index contributed by atoms with van der Waals surface area (Å²) < 4.78 is 5.65. The summed E-state index contributed by atoms with van der Waals surface area (Å²) in [5, 5.41) is 13.1. The van der Waals surface area contributed by atoms with Crippen LogP contribution in [-0.2, 0) is 4.74 Å². The zero-order valence-electron chi connectivity index (χ0n) is 14.2. The van der Waals surface area contributed by atoms with E-state index in [9.17, 15) is 5.11 Å². The van der Waals surface area contributed by atoms with E-state index in [4.69, 9.17) is 4.74 Å². The monoisotopic (exact) mass is 288 g/mol. The first kappa shape index (κ1) is 19.8. The molecule has 0 aliphatic heterocycles. The summed E-state index contributed by atoms with van der Waals surface area (Å²) in [5.41, 5.74) is 0. The quantitative estimate of drug-likeness (QED) is 0.510. The van der Waals surface area contributed by atoms with Crippen LogP contribution in [0.1, 0.15) is 47.5 Å². The lowest BCUT2D eigenvalue weighted by Gasteiger charge is -2.19. The highest BCUT2D eigenvalue weighted by Crippen LogP contribution is 2.07. The zero-order chi connectivity index (χ0) is 15.4. The molecule has 0 aromatic heterocycles. The minimum atomic E-state index is -0.405. The molecule has 0 amide bonds. The van der Waals surface area contributed by atoms with Crippen LogP contribution < -0.4 is 5.32 Å². The zero-order valence-corrected chi connectivity index (χ0v) is 14.2.